The van der Waals surface area contributed by atoms with E-state index in [9.17, 15) is 9.59 Å². The van der Waals surface area contributed by atoms with Gasteiger partial charge in [0.1, 0.15) is 11.5 Å². The number of ketones is 1. The Labute approximate surface area is 145 Å². The number of carbonyl (C=O) groups excluding carboxylic acids is 1. The van der Waals surface area contributed by atoms with Crippen molar-refractivity contribution in [2.24, 2.45) is 0 Å². The zero-order valence-corrected chi connectivity index (χ0v) is 14.2. The summed E-state index contributed by atoms with van der Waals surface area (Å²) in [5.74, 6) is 0.360. The molecule has 1 atom stereocenters. The van der Waals surface area contributed by atoms with Crippen LogP contribution in [0.25, 0.3) is 11.1 Å². The van der Waals surface area contributed by atoms with Crippen LogP contribution in [-0.4, -0.2) is 20.7 Å². The van der Waals surface area contributed by atoms with Gasteiger partial charge in [0, 0.05) is 24.9 Å². The molecule has 0 aliphatic heterocycles. The van der Waals surface area contributed by atoms with Crippen molar-refractivity contribution in [1.29, 1.82) is 0 Å². The molecule has 0 aliphatic rings. The third-order valence-electron chi connectivity index (χ3n) is 4.11. The number of nitrogens with zero attached hydrogens (tertiary/aromatic N) is 2. The molecule has 0 unspecified atom stereocenters. The van der Waals surface area contributed by atoms with Gasteiger partial charge in [0.2, 0.25) is 0 Å². The fourth-order valence-electron chi connectivity index (χ4n) is 2.76. The Hall–Kier alpha value is -3.08. The number of carbonyl (C=O) groups is 1. The van der Waals surface area contributed by atoms with Crippen molar-refractivity contribution in [1.82, 2.24) is 15.0 Å². The van der Waals surface area contributed by atoms with Gasteiger partial charge in [0.15, 0.2) is 5.78 Å². The van der Waals surface area contributed by atoms with Crippen LogP contribution in [0.5, 0.6) is 0 Å². The molecule has 126 valence electrons. The lowest BCUT2D eigenvalue weighted by atomic mass is 9.93. The molecule has 0 amide bonds. The van der Waals surface area contributed by atoms with Crippen LogP contribution in [0.15, 0.2) is 59.7 Å². The molecule has 0 saturated heterocycles. The first-order valence-electron chi connectivity index (χ1n) is 8.14. The van der Waals surface area contributed by atoms with Crippen LogP contribution in [0.2, 0.25) is 0 Å². The number of Topliss-reactive ketones (excluding diaryl/α,β-unsaturated/α-hetero) is 1. The minimum Gasteiger partial charge on any atom is -0.311 e. The minimum atomic E-state index is -0.302. The summed E-state index contributed by atoms with van der Waals surface area (Å²) in [7, 11) is 0. The van der Waals surface area contributed by atoms with E-state index in [-0.39, 0.29) is 23.0 Å². The van der Waals surface area contributed by atoms with Crippen molar-refractivity contribution in [3.8, 4) is 11.1 Å². The van der Waals surface area contributed by atoms with E-state index in [1.54, 1.807) is 13.1 Å². The van der Waals surface area contributed by atoms with E-state index in [0.29, 0.717) is 12.2 Å². The van der Waals surface area contributed by atoms with E-state index >= 15 is 0 Å². The van der Waals surface area contributed by atoms with Gasteiger partial charge in [-0.2, -0.15) is 0 Å². The van der Waals surface area contributed by atoms with Crippen LogP contribution >= 0.6 is 0 Å². The highest BCUT2D eigenvalue weighted by molar-refractivity contribution is 5.94. The van der Waals surface area contributed by atoms with Crippen molar-refractivity contribution in [2.45, 2.75) is 26.2 Å². The zero-order valence-electron chi connectivity index (χ0n) is 14.2. The van der Waals surface area contributed by atoms with Crippen LogP contribution in [-0.2, 0) is 0 Å². The molecule has 1 aromatic carbocycles. The van der Waals surface area contributed by atoms with Crippen molar-refractivity contribution in [3.63, 3.8) is 0 Å². The zero-order chi connectivity index (χ0) is 17.8. The number of aryl methyl sites for hydroxylation is 1. The Morgan fingerprint density at radius 1 is 1.16 bits per heavy atom. The lowest BCUT2D eigenvalue weighted by molar-refractivity contribution is 0.0970. The second-order valence-corrected chi connectivity index (χ2v) is 6.11. The normalized spacial score (nSPS) is 11.9. The molecule has 0 saturated carbocycles. The number of H-pyrrole nitrogens is 1. The van der Waals surface area contributed by atoms with E-state index in [0.717, 1.165) is 16.7 Å². The van der Waals surface area contributed by atoms with E-state index in [2.05, 4.69) is 15.0 Å². The molecule has 1 N–H and O–H groups in total. The maximum Gasteiger partial charge on any atom is 0.251 e. The Morgan fingerprint density at radius 3 is 2.56 bits per heavy atom. The lowest BCUT2D eigenvalue weighted by Gasteiger charge is -2.12. The lowest BCUT2D eigenvalue weighted by Crippen LogP contribution is -2.15. The molecule has 0 fully saturated rings. The first kappa shape index (κ1) is 16.8. The summed E-state index contributed by atoms with van der Waals surface area (Å²) in [6.45, 7) is 3.66. The average Bonchev–Trinajstić information content (AvgIpc) is 2.61. The molecule has 0 bridgehead atoms. The number of aromatic nitrogens is 3. The van der Waals surface area contributed by atoms with Crippen molar-refractivity contribution in [3.05, 3.63) is 82.3 Å². The molecular weight excluding hydrogens is 314 g/mol. The van der Waals surface area contributed by atoms with E-state index < -0.39 is 0 Å². The van der Waals surface area contributed by atoms with Crippen molar-refractivity contribution < 1.29 is 4.79 Å². The third-order valence-corrected chi connectivity index (χ3v) is 4.11. The molecular formula is C20H19N3O2. The van der Waals surface area contributed by atoms with Crippen LogP contribution in [0.4, 0.5) is 0 Å². The van der Waals surface area contributed by atoms with Gasteiger partial charge in [-0.1, -0.05) is 37.3 Å². The highest BCUT2D eigenvalue weighted by Gasteiger charge is 2.15. The molecule has 5 nitrogen and oxygen atoms in total. The summed E-state index contributed by atoms with van der Waals surface area (Å²) in [4.78, 5) is 34.7. The fraction of sp³-hybridized carbons (Fsp3) is 0.200. The average molecular weight is 333 g/mol. The predicted octanol–water partition coefficient (Wildman–Crippen LogP) is 3.52. The van der Waals surface area contributed by atoms with E-state index in [1.807, 2.05) is 49.5 Å². The van der Waals surface area contributed by atoms with Gasteiger partial charge in [-0.3, -0.25) is 14.6 Å². The quantitative estimate of drug-likeness (QED) is 0.725. The maximum absolute atomic E-state index is 12.4. The number of pyridine rings is 1. The summed E-state index contributed by atoms with van der Waals surface area (Å²) in [5, 5.41) is 0. The first-order chi connectivity index (χ1) is 12.0. The number of hydrogen-bond acceptors (Lipinski definition) is 4. The summed E-state index contributed by atoms with van der Waals surface area (Å²) in [6.07, 6.45) is 3.88. The molecule has 2 heterocycles. The predicted molar refractivity (Wildman–Crippen MR) is 96.6 cm³/mol. The summed E-state index contributed by atoms with van der Waals surface area (Å²) in [5.41, 5.74) is 3.13. The number of hydrogen-bond donors (Lipinski definition) is 1. The van der Waals surface area contributed by atoms with Gasteiger partial charge in [-0.25, -0.2) is 4.98 Å². The fourth-order valence-corrected chi connectivity index (χ4v) is 2.76. The number of rotatable bonds is 5. The number of nitrogens with one attached hydrogen (secondary N) is 1. The monoisotopic (exact) mass is 333 g/mol. The summed E-state index contributed by atoms with van der Waals surface area (Å²) < 4.78 is 0. The molecule has 0 radical (unpaired) electrons. The molecule has 3 rings (SSSR count). The standard InChI is InChI=1S/C20H19N3O2/c1-13(10-19(24)18-11-20(25)23-14(2)22-18)15-5-7-16(8-6-15)17-4-3-9-21-12-17/h3-9,11-13H,10H2,1-2H3,(H,22,23,25)/t13-/m0/s1. The highest BCUT2D eigenvalue weighted by atomic mass is 16.1. The van der Waals surface area contributed by atoms with E-state index in [1.165, 1.54) is 6.07 Å². The van der Waals surface area contributed by atoms with Gasteiger partial charge < -0.3 is 4.98 Å². The molecule has 0 spiro atoms. The Bertz CT molecular complexity index is 931. The Kier molecular flexibility index (Phi) is 4.84. The number of benzene rings is 1. The van der Waals surface area contributed by atoms with Gasteiger partial charge in [-0.15, -0.1) is 0 Å². The second-order valence-electron chi connectivity index (χ2n) is 6.11. The summed E-state index contributed by atoms with van der Waals surface area (Å²) in [6, 6.07) is 13.3. The smallest absolute Gasteiger partial charge is 0.251 e. The Balaban J connectivity index is 1.73. The topological polar surface area (TPSA) is 75.7 Å². The molecule has 25 heavy (non-hydrogen) atoms. The van der Waals surface area contributed by atoms with E-state index in [4.69, 9.17) is 0 Å². The second kappa shape index (κ2) is 7.21. The Morgan fingerprint density at radius 2 is 1.92 bits per heavy atom. The highest BCUT2D eigenvalue weighted by Crippen LogP contribution is 2.24. The van der Waals surface area contributed by atoms with Crippen molar-refractivity contribution in [2.75, 3.05) is 0 Å². The first-order valence-corrected chi connectivity index (χ1v) is 8.14. The van der Waals surface area contributed by atoms with Gasteiger partial charge >= 0.3 is 0 Å². The van der Waals surface area contributed by atoms with Crippen LogP contribution in [0.3, 0.4) is 0 Å². The maximum atomic E-state index is 12.4. The third kappa shape index (κ3) is 4.07. The molecule has 5 heteroatoms. The van der Waals surface area contributed by atoms with Crippen LogP contribution in [0, 0.1) is 6.92 Å². The molecule has 2 aromatic heterocycles. The summed E-state index contributed by atoms with van der Waals surface area (Å²) >= 11 is 0. The van der Waals surface area contributed by atoms with Crippen LogP contribution in [0.1, 0.15) is 41.1 Å². The molecule has 0 aliphatic carbocycles. The minimum absolute atomic E-state index is 0.0387. The van der Waals surface area contributed by atoms with Crippen molar-refractivity contribution >= 4 is 5.78 Å². The SMILES string of the molecule is Cc1nc(C(=O)C[C@H](C)c2ccc(-c3cccnc3)cc2)cc(=O)[nH]1. The van der Waals surface area contributed by atoms with Gasteiger partial charge in [0.05, 0.1) is 0 Å². The molecule has 3 aromatic rings. The largest absolute Gasteiger partial charge is 0.311 e. The van der Waals surface area contributed by atoms with Gasteiger partial charge in [-0.05, 0) is 35.6 Å². The van der Waals surface area contributed by atoms with Crippen LogP contribution < -0.4 is 5.56 Å². The number of aromatic amines is 1. The van der Waals surface area contributed by atoms with Gasteiger partial charge in [0.25, 0.3) is 5.56 Å².